The molecule has 0 bridgehead atoms. The molecule has 0 saturated carbocycles. The van der Waals surface area contributed by atoms with E-state index in [1.807, 2.05) is 0 Å². The Labute approximate surface area is 125 Å². The van der Waals surface area contributed by atoms with Crippen LogP contribution >= 0.6 is 23.2 Å². The molecule has 2 nitrogen and oxygen atoms in total. The molecule has 0 aromatic heterocycles. The van der Waals surface area contributed by atoms with Crippen LogP contribution in [-0.4, -0.2) is 6.61 Å². The van der Waals surface area contributed by atoms with Gasteiger partial charge in [0.25, 0.3) is 0 Å². The summed E-state index contributed by atoms with van der Waals surface area (Å²) in [5.41, 5.74) is 7.49. The Kier molecular flexibility index (Phi) is 4.81. The number of ether oxygens (including phenoxy) is 1. The van der Waals surface area contributed by atoms with E-state index in [9.17, 15) is 8.78 Å². The maximum Gasteiger partial charge on any atom is 0.387 e. The lowest BCUT2D eigenvalue weighted by atomic mass is 9.99. The molecule has 0 fully saturated rings. The second-order valence-electron chi connectivity index (χ2n) is 4.09. The predicted molar refractivity (Wildman–Crippen MR) is 75.6 cm³/mol. The van der Waals surface area contributed by atoms with Crippen LogP contribution in [0.5, 0.6) is 5.75 Å². The third kappa shape index (κ3) is 3.60. The molecule has 6 heteroatoms. The van der Waals surface area contributed by atoms with Gasteiger partial charge >= 0.3 is 6.61 Å². The van der Waals surface area contributed by atoms with Crippen LogP contribution in [0, 0.1) is 0 Å². The van der Waals surface area contributed by atoms with Crippen LogP contribution in [-0.2, 0) is 0 Å². The number of rotatable bonds is 4. The first-order valence-electron chi connectivity index (χ1n) is 5.72. The Balaban J connectivity index is 2.24. The predicted octanol–water partition coefficient (Wildman–Crippen LogP) is 4.64. The van der Waals surface area contributed by atoms with Gasteiger partial charge in [0.05, 0.1) is 6.04 Å². The minimum atomic E-state index is -2.85. The molecule has 0 spiro atoms. The normalized spacial score (nSPS) is 12.5. The molecule has 2 N–H and O–H groups in total. The summed E-state index contributed by atoms with van der Waals surface area (Å²) in [5, 5.41) is 1.02. The summed E-state index contributed by atoms with van der Waals surface area (Å²) in [5.74, 6) is 0.0770. The Morgan fingerprint density at radius 2 is 1.65 bits per heavy atom. The summed E-state index contributed by atoms with van der Waals surface area (Å²) in [6, 6.07) is 10.6. The van der Waals surface area contributed by atoms with Crippen LogP contribution in [0.2, 0.25) is 10.0 Å². The number of halogens is 4. The summed E-state index contributed by atoms with van der Waals surface area (Å²) in [6.07, 6.45) is 0. The van der Waals surface area contributed by atoms with Crippen molar-refractivity contribution in [1.29, 1.82) is 0 Å². The van der Waals surface area contributed by atoms with Gasteiger partial charge in [-0.15, -0.1) is 0 Å². The highest BCUT2D eigenvalue weighted by molar-refractivity contribution is 6.33. The quantitative estimate of drug-likeness (QED) is 0.891. The molecule has 2 rings (SSSR count). The Hall–Kier alpha value is -1.36. The van der Waals surface area contributed by atoms with Gasteiger partial charge in [0, 0.05) is 10.0 Å². The van der Waals surface area contributed by atoms with Gasteiger partial charge in [-0.2, -0.15) is 8.78 Å². The van der Waals surface area contributed by atoms with Gasteiger partial charge in [0.15, 0.2) is 0 Å². The average molecular weight is 318 g/mol. The average Bonchev–Trinajstić information content (AvgIpc) is 2.41. The van der Waals surface area contributed by atoms with Gasteiger partial charge in [0.2, 0.25) is 0 Å². The van der Waals surface area contributed by atoms with E-state index >= 15 is 0 Å². The van der Waals surface area contributed by atoms with Crippen LogP contribution in [0.3, 0.4) is 0 Å². The smallest absolute Gasteiger partial charge is 0.387 e. The van der Waals surface area contributed by atoms with Crippen molar-refractivity contribution in [1.82, 2.24) is 0 Å². The van der Waals surface area contributed by atoms with Crippen molar-refractivity contribution in [3.63, 3.8) is 0 Å². The van der Waals surface area contributed by atoms with Gasteiger partial charge in [-0.3, -0.25) is 0 Å². The minimum Gasteiger partial charge on any atom is -0.435 e. The molecule has 0 aliphatic rings. The maximum atomic E-state index is 12.1. The molecule has 2 aromatic carbocycles. The molecule has 20 heavy (non-hydrogen) atoms. The topological polar surface area (TPSA) is 35.2 Å². The van der Waals surface area contributed by atoms with Crippen molar-refractivity contribution in [3.8, 4) is 5.75 Å². The molecule has 2 aromatic rings. The SMILES string of the molecule is NC(c1ccc(OC(F)F)cc1)c1cc(Cl)ccc1Cl. The highest BCUT2D eigenvalue weighted by Gasteiger charge is 2.13. The fraction of sp³-hybridized carbons (Fsp3) is 0.143. The van der Waals surface area contributed by atoms with Crippen molar-refractivity contribution >= 4 is 23.2 Å². The van der Waals surface area contributed by atoms with Crippen LogP contribution < -0.4 is 10.5 Å². The fourth-order valence-electron chi connectivity index (χ4n) is 1.79. The van der Waals surface area contributed by atoms with E-state index in [2.05, 4.69) is 4.74 Å². The van der Waals surface area contributed by atoms with Crippen molar-refractivity contribution in [2.45, 2.75) is 12.7 Å². The second kappa shape index (κ2) is 6.39. The Bertz CT molecular complexity index is 590. The lowest BCUT2D eigenvalue weighted by molar-refractivity contribution is -0.0498. The molecule has 0 radical (unpaired) electrons. The van der Waals surface area contributed by atoms with Crippen LogP contribution in [0.25, 0.3) is 0 Å². The zero-order valence-corrected chi connectivity index (χ0v) is 11.7. The molecule has 106 valence electrons. The van der Waals surface area contributed by atoms with Crippen molar-refractivity contribution in [2.75, 3.05) is 0 Å². The molecule has 0 heterocycles. The zero-order valence-electron chi connectivity index (χ0n) is 10.2. The van der Waals surface area contributed by atoms with Gasteiger partial charge < -0.3 is 10.5 Å². The van der Waals surface area contributed by atoms with E-state index in [0.717, 1.165) is 5.56 Å². The number of alkyl halides is 2. The molecular formula is C14H11Cl2F2NO. The number of hydrogen-bond acceptors (Lipinski definition) is 2. The minimum absolute atomic E-state index is 0.0770. The first-order valence-corrected chi connectivity index (χ1v) is 6.48. The van der Waals surface area contributed by atoms with Crippen molar-refractivity contribution in [3.05, 3.63) is 63.6 Å². The van der Waals surface area contributed by atoms with E-state index < -0.39 is 12.7 Å². The first kappa shape index (κ1) is 15.0. The molecule has 1 atom stereocenters. The Morgan fingerprint density at radius 3 is 2.25 bits per heavy atom. The largest absolute Gasteiger partial charge is 0.435 e. The van der Waals surface area contributed by atoms with Crippen molar-refractivity contribution < 1.29 is 13.5 Å². The van der Waals surface area contributed by atoms with Crippen LogP contribution in [0.4, 0.5) is 8.78 Å². The van der Waals surface area contributed by atoms with Crippen LogP contribution in [0.1, 0.15) is 17.2 Å². The number of benzene rings is 2. The first-order chi connectivity index (χ1) is 9.47. The second-order valence-corrected chi connectivity index (χ2v) is 4.93. The van der Waals surface area contributed by atoms with Gasteiger partial charge in [-0.1, -0.05) is 35.3 Å². The summed E-state index contributed by atoms with van der Waals surface area (Å²) < 4.78 is 28.4. The lowest BCUT2D eigenvalue weighted by Gasteiger charge is -2.15. The summed E-state index contributed by atoms with van der Waals surface area (Å²) in [4.78, 5) is 0. The maximum absolute atomic E-state index is 12.1. The number of hydrogen-bond donors (Lipinski definition) is 1. The third-order valence-corrected chi connectivity index (χ3v) is 3.34. The Morgan fingerprint density at radius 1 is 1.00 bits per heavy atom. The van der Waals surface area contributed by atoms with Gasteiger partial charge in [-0.05, 0) is 41.5 Å². The zero-order chi connectivity index (χ0) is 14.7. The van der Waals surface area contributed by atoms with Gasteiger partial charge in [-0.25, -0.2) is 0 Å². The van der Waals surface area contributed by atoms with Gasteiger partial charge in [0.1, 0.15) is 5.75 Å². The highest BCUT2D eigenvalue weighted by Crippen LogP contribution is 2.30. The molecule has 0 aliphatic heterocycles. The van der Waals surface area contributed by atoms with E-state index in [1.165, 1.54) is 12.1 Å². The monoisotopic (exact) mass is 317 g/mol. The standard InChI is InChI=1S/C14H11Cl2F2NO/c15-9-3-6-12(16)11(7-9)13(19)8-1-4-10(5-2-8)20-14(17)18/h1-7,13-14H,19H2. The van der Waals surface area contributed by atoms with E-state index in [1.54, 1.807) is 30.3 Å². The molecule has 0 aliphatic carbocycles. The summed E-state index contributed by atoms with van der Waals surface area (Å²) in [6.45, 7) is -2.85. The van der Waals surface area contributed by atoms with Crippen molar-refractivity contribution in [2.24, 2.45) is 5.73 Å². The number of nitrogens with two attached hydrogens (primary N) is 1. The fourth-order valence-corrected chi connectivity index (χ4v) is 2.20. The third-order valence-electron chi connectivity index (χ3n) is 2.76. The highest BCUT2D eigenvalue weighted by atomic mass is 35.5. The summed E-state index contributed by atoms with van der Waals surface area (Å²) in [7, 11) is 0. The van der Waals surface area contributed by atoms with Crippen LogP contribution in [0.15, 0.2) is 42.5 Å². The molecule has 0 saturated heterocycles. The van der Waals surface area contributed by atoms with E-state index in [-0.39, 0.29) is 5.75 Å². The molecule has 1 unspecified atom stereocenters. The summed E-state index contributed by atoms with van der Waals surface area (Å²) >= 11 is 12.0. The lowest BCUT2D eigenvalue weighted by Crippen LogP contribution is -2.12. The van der Waals surface area contributed by atoms with E-state index in [4.69, 9.17) is 28.9 Å². The van der Waals surface area contributed by atoms with E-state index in [0.29, 0.717) is 15.6 Å². The molecular weight excluding hydrogens is 307 g/mol. The molecule has 0 amide bonds.